The van der Waals surface area contributed by atoms with E-state index in [4.69, 9.17) is 4.42 Å². The number of furan rings is 1. The summed E-state index contributed by atoms with van der Waals surface area (Å²) >= 11 is 3.03. The molecule has 0 bridgehead atoms. The SMILES string of the molecule is Cc1nnc(SCc2c(C(=O)NCCC(=O)NCc3ccncc3)oc3ccccc23)s1. The highest BCUT2D eigenvalue weighted by Gasteiger charge is 2.21. The maximum absolute atomic E-state index is 12.8. The highest BCUT2D eigenvalue weighted by Crippen LogP contribution is 2.33. The van der Waals surface area contributed by atoms with Gasteiger partial charge in [0, 0.05) is 48.6 Å². The second-order valence-electron chi connectivity index (χ2n) is 6.92. The van der Waals surface area contributed by atoms with Crippen LogP contribution in [0.4, 0.5) is 0 Å². The van der Waals surface area contributed by atoms with E-state index in [2.05, 4.69) is 25.8 Å². The van der Waals surface area contributed by atoms with Gasteiger partial charge in [-0.05, 0) is 30.7 Å². The van der Waals surface area contributed by atoms with E-state index in [0.29, 0.717) is 17.9 Å². The van der Waals surface area contributed by atoms with Crippen LogP contribution in [0, 0.1) is 6.92 Å². The number of pyridine rings is 1. The zero-order valence-electron chi connectivity index (χ0n) is 17.3. The summed E-state index contributed by atoms with van der Waals surface area (Å²) in [5.74, 6) is 0.305. The number of para-hydroxylation sites is 1. The van der Waals surface area contributed by atoms with Crippen molar-refractivity contribution in [2.24, 2.45) is 0 Å². The number of nitrogens with one attached hydrogen (secondary N) is 2. The van der Waals surface area contributed by atoms with Crippen LogP contribution in [-0.4, -0.2) is 33.5 Å². The van der Waals surface area contributed by atoms with Crippen molar-refractivity contribution in [2.45, 2.75) is 30.0 Å². The summed E-state index contributed by atoms with van der Waals surface area (Å²) in [4.78, 5) is 28.9. The first-order valence-corrected chi connectivity index (χ1v) is 11.8. The van der Waals surface area contributed by atoms with Crippen LogP contribution in [0.15, 0.2) is 57.5 Å². The van der Waals surface area contributed by atoms with Gasteiger partial charge in [-0.25, -0.2) is 0 Å². The van der Waals surface area contributed by atoms with Gasteiger partial charge in [0.25, 0.3) is 5.91 Å². The first kappa shape index (κ1) is 22.0. The Labute approximate surface area is 192 Å². The number of benzene rings is 1. The third kappa shape index (κ3) is 5.51. The number of hydrogen-bond acceptors (Lipinski definition) is 8. The van der Waals surface area contributed by atoms with Crippen LogP contribution in [0.5, 0.6) is 0 Å². The number of thioether (sulfide) groups is 1. The Kier molecular flexibility index (Phi) is 7.13. The molecular weight excluding hydrogens is 446 g/mol. The second kappa shape index (κ2) is 10.4. The average Bonchev–Trinajstić information content (AvgIpc) is 3.40. The molecule has 164 valence electrons. The molecule has 4 aromatic rings. The highest BCUT2D eigenvalue weighted by molar-refractivity contribution is 8.00. The molecule has 0 atom stereocenters. The zero-order valence-corrected chi connectivity index (χ0v) is 19.0. The van der Waals surface area contributed by atoms with Crippen LogP contribution in [0.2, 0.25) is 0 Å². The van der Waals surface area contributed by atoms with Gasteiger partial charge in [-0.3, -0.25) is 14.6 Å². The molecule has 2 amide bonds. The van der Waals surface area contributed by atoms with Crippen molar-refractivity contribution >= 4 is 45.9 Å². The largest absolute Gasteiger partial charge is 0.451 e. The first-order chi connectivity index (χ1) is 15.6. The van der Waals surface area contributed by atoms with Gasteiger partial charge in [0.2, 0.25) is 5.91 Å². The van der Waals surface area contributed by atoms with Crippen LogP contribution < -0.4 is 10.6 Å². The van der Waals surface area contributed by atoms with E-state index < -0.39 is 0 Å². The predicted molar refractivity (Wildman–Crippen MR) is 123 cm³/mol. The van der Waals surface area contributed by atoms with E-state index in [9.17, 15) is 9.59 Å². The summed E-state index contributed by atoms with van der Waals surface area (Å²) in [5, 5.41) is 15.6. The van der Waals surface area contributed by atoms with E-state index in [-0.39, 0.29) is 30.5 Å². The van der Waals surface area contributed by atoms with Crippen molar-refractivity contribution in [3.05, 3.63) is 70.7 Å². The Balaban J connectivity index is 1.36. The maximum Gasteiger partial charge on any atom is 0.287 e. The fraction of sp³-hybridized carbons (Fsp3) is 0.227. The molecule has 0 fully saturated rings. The molecular formula is C22H21N5O3S2. The van der Waals surface area contributed by atoms with Crippen LogP contribution >= 0.6 is 23.1 Å². The molecule has 2 N–H and O–H groups in total. The molecule has 0 aliphatic heterocycles. The number of carbonyl (C=O) groups is 2. The Bertz CT molecular complexity index is 1220. The molecule has 0 aliphatic carbocycles. The third-order valence-corrected chi connectivity index (χ3v) is 6.63. The van der Waals surface area contributed by atoms with Crippen LogP contribution in [0.3, 0.4) is 0 Å². The van der Waals surface area contributed by atoms with E-state index in [1.54, 1.807) is 12.4 Å². The zero-order chi connectivity index (χ0) is 22.3. The number of nitrogens with zero attached hydrogens (tertiary/aromatic N) is 3. The molecule has 0 aliphatic rings. The van der Waals surface area contributed by atoms with Gasteiger partial charge in [0.1, 0.15) is 10.6 Å². The van der Waals surface area contributed by atoms with Gasteiger partial charge in [0.15, 0.2) is 10.1 Å². The van der Waals surface area contributed by atoms with Crippen molar-refractivity contribution in [1.82, 2.24) is 25.8 Å². The lowest BCUT2D eigenvalue weighted by Crippen LogP contribution is -2.30. The number of hydrogen-bond donors (Lipinski definition) is 2. The Morgan fingerprint density at radius 2 is 1.91 bits per heavy atom. The van der Waals surface area contributed by atoms with Gasteiger partial charge in [-0.1, -0.05) is 41.3 Å². The molecule has 3 aromatic heterocycles. The normalized spacial score (nSPS) is 10.9. The lowest BCUT2D eigenvalue weighted by Gasteiger charge is -2.07. The number of aryl methyl sites for hydroxylation is 1. The van der Waals surface area contributed by atoms with Crippen molar-refractivity contribution < 1.29 is 14.0 Å². The highest BCUT2D eigenvalue weighted by atomic mass is 32.2. The minimum atomic E-state index is -0.341. The molecule has 3 heterocycles. The lowest BCUT2D eigenvalue weighted by molar-refractivity contribution is -0.121. The summed E-state index contributed by atoms with van der Waals surface area (Å²) in [7, 11) is 0. The molecule has 8 nitrogen and oxygen atoms in total. The molecule has 0 saturated heterocycles. The monoisotopic (exact) mass is 467 g/mol. The van der Waals surface area contributed by atoms with Crippen molar-refractivity contribution in [1.29, 1.82) is 0 Å². The minimum Gasteiger partial charge on any atom is -0.451 e. The van der Waals surface area contributed by atoms with Crippen molar-refractivity contribution in [2.75, 3.05) is 6.54 Å². The van der Waals surface area contributed by atoms with Gasteiger partial charge in [0.05, 0.1) is 0 Å². The average molecular weight is 468 g/mol. The Morgan fingerprint density at radius 3 is 2.69 bits per heavy atom. The fourth-order valence-corrected chi connectivity index (χ4v) is 4.90. The van der Waals surface area contributed by atoms with Crippen molar-refractivity contribution in [3.63, 3.8) is 0 Å². The van der Waals surface area contributed by atoms with Crippen molar-refractivity contribution in [3.8, 4) is 0 Å². The van der Waals surface area contributed by atoms with Gasteiger partial charge < -0.3 is 15.1 Å². The van der Waals surface area contributed by atoms with Gasteiger partial charge in [-0.15, -0.1) is 10.2 Å². The van der Waals surface area contributed by atoms with E-state index in [0.717, 1.165) is 25.9 Å². The molecule has 0 unspecified atom stereocenters. The van der Waals surface area contributed by atoms with Crippen LogP contribution in [-0.2, 0) is 17.1 Å². The van der Waals surface area contributed by atoms with Crippen LogP contribution in [0.25, 0.3) is 11.0 Å². The third-order valence-electron chi connectivity index (χ3n) is 4.63. The summed E-state index contributed by atoms with van der Waals surface area (Å²) in [5.41, 5.74) is 2.42. The van der Waals surface area contributed by atoms with E-state index in [1.807, 2.05) is 43.3 Å². The summed E-state index contributed by atoms with van der Waals surface area (Å²) in [6.07, 6.45) is 3.53. The maximum atomic E-state index is 12.8. The Hall–Kier alpha value is -3.24. The molecule has 1 aromatic carbocycles. The minimum absolute atomic E-state index is 0.144. The van der Waals surface area contributed by atoms with Gasteiger partial charge >= 0.3 is 0 Å². The van der Waals surface area contributed by atoms with E-state index in [1.165, 1.54) is 23.1 Å². The van der Waals surface area contributed by atoms with E-state index >= 15 is 0 Å². The smallest absolute Gasteiger partial charge is 0.287 e. The number of aromatic nitrogens is 3. The predicted octanol–water partition coefficient (Wildman–Crippen LogP) is 3.72. The first-order valence-electron chi connectivity index (χ1n) is 9.97. The topological polar surface area (TPSA) is 110 Å². The number of fused-ring (bicyclic) bond motifs is 1. The van der Waals surface area contributed by atoms with Gasteiger partial charge in [-0.2, -0.15) is 0 Å². The number of carbonyl (C=O) groups excluding carboxylic acids is 2. The fourth-order valence-electron chi connectivity index (χ4n) is 3.06. The number of amides is 2. The summed E-state index contributed by atoms with van der Waals surface area (Å²) < 4.78 is 6.69. The molecule has 0 spiro atoms. The lowest BCUT2D eigenvalue weighted by atomic mass is 10.1. The second-order valence-corrected chi connectivity index (χ2v) is 9.32. The standard InChI is InChI=1S/C22H21N5O3S2/c1-14-26-27-22(32-14)31-13-17-16-4-2-3-5-18(16)30-20(17)21(29)24-11-8-19(28)25-12-15-6-9-23-10-7-15/h2-7,9-10H,8,11-13H2,1H3,(H,24,29)(H,25,28). The molecule has 32 heavy (non-hydrogen) atoms. The molecule has 0 radical (unpaired) electrons. The Morgan fingerprint density at radius 1 is 1.09 bits per heavy atom. The summed E-state index contributed by atoms with van der Waals surface area (Å²) in [6, 6.07) is 11.2. The van der Waals surface area contributed by atoms with Crippen LogP contribution in [0.1, 0.15) is 33.1 Å². The molecule has 4 rings (SSSR count). The number of rotatable bonds is 9. The molecule has 10 heteroatoms. The summed E-state index contributed by atoms with van der Waals surface area (Å²) in [6.45, 7) is 2.53. The molecule has 0 saturated carbocycles. The quantitative estimate of drug-likeness (QED) is 0.361.